The number of carbonyl (C=O) groups is 1. The molecule has 5 rings (SSSR count). The second kappa shape index (κ2) is 10.0. The second-order valence-electron chi connectivity index (χ2n) is 9.22. The van der Waals surface area contributed by atoms with Crippen molar-refractivity contribution < 1.29 is 23.7 Å². The zero-order valence-corrected chi connectivity index (χ0v) is 19.1. The summed E-state index contributed by atoms with van der Waals surface area (Å²) in [6.45, 7) is 4.97. The van der Waals surface area contributed by atoms with E-state index in [9.17, 15) is 4.79 Å². The lowest BCUT2D eigenvalue weighted by Crippen LogP contribution is -2.48. The molecule has 1 amide bonds. The Morgan fingerprint density at radius 2 is 2.03 bits per heavy atom. The van der Waals surface area contributed by atoms with Gasteiger partial charge in [-0.3, -0.25) is 9.69 Å². The molecule has 176 valence electrons. The number of carbonyl (C=O) groups excluding carboxylic acids is 1. The van der Waals surface area contributed by atoms with Crippen molar-refractivity contribution in [1.82, 2.24) is 10.2 Å². The van der Waals surface area contributed by atoms with E-state index < -0.39 is 6.10 Å². The zero-order chi connectivity index (χ0) is 22.6. The van der Waals surface area contributed by atoms with E-state index in [-0.39, 0.29) is 24.8 Å². The number of rotatable bonds is 10. The van der Waals surface area contributed by atoms with Gasteiger partial charge in [0.25, 0.3) is 5.91 Å². The van der Waals surface area contributed by atoms with Gasteiger partial charge in [0.2, 0.25) is 6.79 Å². The summed E-state index contributed by atoms with van der Waals surface area (Å²) in [4.78, 5) is 15.4. The minimum atomic E-state index is -0.609. The van der Waals surface area contributed by atoms with Crippen LogP contribution in [0.1, 0.15) is 36.8 Å². The van der Waals surface area contributed by atoms with Crippen molar-refractivity contribution in [3.8, 4) is 17.2 Å². The number of aryl methyl sites for hydroxylation is 1. The van der Waals surface area contributed by atoms with Crippen LogP contribution in [0.5, 0.6) is 17.2 Å². The predicted octanol–water partition coefficient (Wildman–Crippen LogP) is 3.43. The lowest BCUT2D eigenvalue weighted by molar-refractivity contribution is -0.129. The number of nitrogens with one attached hydrogen (secondary N) is 1. The molecule has 3 aliphatic rings. The highest BCUT2D eigenvalue weighted by Crippen LogP contribution is 2.33. The molecule has 0 spiro atoms. The van der Waals surface area contributed by atoms with E-state index in [2.05, 4.69) is 16.3 Å². The van der Waals surface area contributed by atoms with Crippen LogP contribution in [0.3, 0.4) is 0 Å². The average Bonchev–Trinajstić information content (AvgIpc) is 3.25. The highest BCUT2D eigenvalue weighted by atomic mass is 16.7. The van der Waals surface area contributed by atoms with E-state index in [1.807, 2.05) is 43.3 Å². The number of benzene rings is 2. The van der Waals surface area contributed by atoms with Crippen molar-refractivity contribution in [3.05, 3.63) is 53.6 Å². The fraction of sp³-hybridized carbons (Fsp3) is 0.500. The second-order valence-corrected chi connectivity index (χ2v) is 9.22. The molecule has 0 aromatic heterocycles. The fourth-order valence-corrected chi connectivity index (χ4v) is 4.36. The van der Waals surface area contributed by atoms with Crippen LogP contribution in [0, 0.1) is 6.92 Å². The van der Waals surface area contributed by atoms with Crippen LogP contribution in [0.15, 0.2) is 42.5 Å². The molecule has 2 aromatic rings. The Balaban J connectivity index is 1.34. The van der Waals surface area contributed by atoms with Gasteiger partial charge in [-0.2, -0.15) is 0 Å². The van der Waals surface area contributed by atoms with Crippen LogP contribution in [0.25, 0.3) is 0 Å². The maximum absolute atomic E-state index is 13.1. The molecule has 1 saturated carbocycles. The number of amides is 1. The Kier molecular flexibility index (Phi) is 6.69. The number of nitrogens with zero attached hydrogens (tertiary/aromatic N) is 1. The third-order valence-electron chi connectivity index (χ3n) is 6.24. The van der Waals surface area contributed by atoms with E-state index in [1.54, 1.807) is 0 Å². The SMILES string of the molecule is Cc1cccc(OC(CN(Cc2ccc3c(c2)OCO3)CC2CCCO2)C(=O)NC2CC2)c1. The van der Waals surface area contributed by atoms with Crippen LogP contribution >= 0.6 is 0 Å². The minimum Gasteiger partial charge on any atom is -0.479 e. The number of hydrogen-bond acceptors (Lipinski definition) is 6. The monoisotopic (exact) mass is 452 g/mol. The van der Waals surface area contributed by atoms with E-state index in [0.717, 1.165) is 61.5 Å². The maximum Gasteiger partial charge on any atom is 0.262 e. The molecule has 0 radical (unpaired) electrons. The normalized spacial score (nSPS) is 20.1. The van der Waals surface area contributed by atoms with Gasteiger partial charge in [0.15, 0.2) is 17.6 Å². The molecular formula is C26H32N2O5. The lowest BCUT2D eigenvalue weighted by Gasteiger charge is -2.29. The minimum absolute atomic E-state index is 0.0537. The summed E-state index contributed by atoms with van der Waals surface area (Å²) in [6.07, 6.45) is 3.76. The van der Waals surface area contributed by atoms with Gasteiger partial charge in [0.1, 0.15) is 5.75 Å². The molecule has 33 heavy (non-hydrogen) atoms. The summed E-state index contributed by atoms with van der Waals surface area (Å²) < 4.78 is 23.2. The molecule has 1 aliphatic carbocycles. The Hall–Kier alpha value is -2.77. The number of fused-ring (bicyclic) bond motifs is 1. The van der Waals surface area contributed by atoms with Crippen molar-refractivity contribution in [2.24, 2.45) is 0 Å². The first-order chi connectivity index (χ1) is 16.1. The number of ether oxygens (including phenoxy) is 4. The molecule has 0 bridgehead atoms. The molecule has 2 aromatic carbocycles. The van der Waals surface area contributed by atoms with E-state index in [1.165, 1.54) is 0 Å². The summed E-state index contributed by atoms with van der Waals surface area (Å²) in [5, 5.41) is 3.13. The van der Waals surface area contributed by atoms with Gasteiger partial charge in [-0.05, 0) is 68.0 Å². The molecule has 2 atom stereocenters. The Morgan fingerprint density at radius 3 is 2.82 bits per heavy atom. The van der Waals surface area contributed by atoms with Gasteiger partial charge >= 0.3 is 0 Å². The topological polar surface area (TPSA) is 69.3 Å². The highest BCUT2D eigenvalue weighted by molar-refractivity contribution is 5.82. The van der Waals surface area contributed by atoms with Crippen LogP contribution in [0.4, 0.5) is 0 Å². The molecule has 2 unspecified atom stereocenters. The Labute approximate surface area is 195 Å². The molecular weight excluding hydrogens is 420 g/mol. The molecule has 7 heteroatoms. The third kappa shape index (κ3) is 5.97. The zero-order valence-electron chi connectivity index (χ0n) is 19.1. The first-order valence-corrected chi connectivity index (χ1v) is 11.9. The quantitative estimate of drug-likeness (QED) is 0.596. The van der Waals surface area contributed by atoms with E-state index >= 15 is 0 Å². The molecule has 2 aliphatic heterocycles. The number of hydrogen-bond donors (Lipinski definition) is 1. The van der Waals surface area contributed by atoms with Crippen molar-refractivity contribution in [2.45, 2.75) is 57.4 Å². The predicted molar refractivity (Wildman–Crippen MR) is 124 cm³/mol. The van der Waals surface area contributed by atoms with E-state index in [4.69, 9.17) is 18.9 Å². The van der Waals surface area contributed by atoms with Gasteiger partial charge in [-0.25, -0.2) is 0 Å². The first kappa shape index (κ1) is 22.0. The van der Waals surface area contributed by atoms with Crippen molar-refractivity contribution in [1.29, 1.82) is 0 Å². The lowest BCUT2D eigenvalue weighted by atomic mass is 10.1. The summed E-state index contributed by atoms with van der Waals surface area (Å²) in [6, 6.07) is 14.2. The highest BCUT2D eigenvalue weighted by Gasteiger charge is 2.31. The Bertz CT molecular complexity index is 971. The summed E-state index contributed by atoms with van der Waals surface area (Å²) >= 11 is 0. The van der Waals surface area contributed by atoms with Crippen LogP contribution < -0.4 is 19.5 Å². The standard InChI is InChI=1S/C26H32N2O5/c1-18-4-2-5-21(12-18)33-25(26(29)27-20-8-9-20)16-28(15-22-6-3-11-30-22)14-19-7-10-23-24(13-19)32-17-31-23/h2,4-5,7,10,12-13,20,22,25H,3,6,8-9,11,14-17H2,1H3,(H,27,29). The molecule has 2 heterocycles. The van der Waals surface area contributed by atoms with Gasteiger partial charge in [-0.1, -0.05) is 18.2 Å². The smallest absolute Gasteiger partial charge is 0.262 e. The van der Waals surface area contributed by atoms with Crippen LogP contribution in [-0.4, -0.2) is 55.5 Å². The average molecular weight is 453 g/mol. The van der Waals surface area contributed by atoms with E-state index in [0.29, 0.717) is 18.8 Å². The van der Waals surface area contributed by atoms with Crippen LogP contribution in [-0.2, 0) is 16.1 Å². The summed E-state index contributed by atoms with van der Waals surface area (Å²) in [5.41, 5.74) is 2.21. The molecule has 1 saturated heterocycles. The van der Waals surface area contributed by atoms with Crippen molar-refractivity contribution in [2.75, 3.05) is 26.5 Å². The van der Waals surface area contributed by atoms with Crippen LogP contribution in [0.2, 0.25) is 0 Å². The maximum atomic E-state index is 13.1. The van der Waals surface area contributed by atoms with Gasteiger partial charge in [-0.15, -0.1) is 0 Å². The van der Waals surface area contributed by atoms with Gasteiger partial charge in [0.05, 0.1) is 6.10 Å². The molecule has 2 fully saturated rings. The first-order valence-electron chi connectivity index (χ1n) is 11.9. The largest absolute Gasteiger partial charge is 0.479 e. The summed E-state index contributed by atoms with van der Waals surface area (Å²) in [5.74, 6) is 2.20. The molecule has 7 nitrogen and oxygen atoms in total. The van der Waals surface area contributed by atoms with Crippen molar-refractivity contribution in [3.63, 3.8) is 0 Å². The third-order valence-corrected chi connectivity index (χ3v) is 6.24. The summed E-state index contributed by atoms with van der Waals surface area (Å²) in [7, 11) is 0. The van der Waals surface area contributed by atoms with Crippen molar-refractivity contribution >= 4 is 5.91 Å². The fourth-order valence-electron chi connectivity index (χ4n) is 4.36. The van der Waals surface area contributed by atoms with Gasteiger partial charge < -0.3 is 24.3 Å². The van der Waals surface area contributed by atoms with Gasteiger partial charge in [0, 0.05) is 32.3 Å². The molecule has 1 N–H and O–H groups in total. The Morgan fingerprint density at radius 1 is 1.15 bits per heavy atom.